The molecule has 104 valence electrons. The molecule has 5 heteroatoms. The Morgan fingerprint density at radius 2 is 2.05 bits per heavy atom. The van der Waals surface area contributed by atoms with E-state index in [2.05, 4.69) is 0 Å². The van der Waals surface area contributed by atoms with Crippen molar-refractivity contribution in [2.45, 2.75) is 38.2 Å². The van der Waals surface area contributed by atoms with Gasteiger partial charge in [0.1, 0.15) is 5.69 Å². The van der Waals surface area contributed by atoms with E-state index in [1.807, 2.05) is 24.9 Å². The van der Waals surface area contributed by atoms with Crippen LogP contribution < -0.4 is 4.90 Å². The summed E-state index contributed by atoms with van der Waals surface area (Å²) < 4.78 is 0. The highest BCUT2D eigenvalue weighted by Crippen LogP contribution is 2.35. The van der Waals surface area contributed by atoms with E-state index in [4.69, 9.17) is 0 Å². The Bertz CT molecular complexity index is 482. The topological polar surface area (TPSA) is 66.6 Å². The average Bonchev–Trinajstić information content (AvgIpc) is 2.74. The summed E-state index contributed by atoms with van der Waals surface area (Å²) in [5.41, 5.74) is 0.862. The molecule has 0 spiro atoms. The van der Waals surface area contributed by atoms with E-state index in [-0.39, 0.29) is 10.6 Å². The summed E-state index contributed by atoms with van der Waals surface area (Å²) in [6, 6.07) is 5.06. The van der Waals surface area contributed by atoms with Gasteiger partial charge < -0.3 is 10.0 Å². The molecule has 0 aliphatic heterocycles. The van der Waals surface area contributed by atoms with E-state index in [0.717, 1.165) is 31.2 Å². The van der Waals surface area contributed by atoms with Crippen LogP contribution in [-0.4, -0.2) is 29.2 Å². The highest BCUT2D eigenvalue weighted by Gasteiger charge is 2.33. The molecule has 5 nitrogen and oxygen atoms in total. The van der Waals surface area contributed by atoms with Gasteiger partial charge in [0.25, 0.3) is 5.69 Å². The van der Waals surface area contributed by atoms with Gasteiger partial charge in [-0.1, -0.05) is 25.0 Å². The summed E-state index contributed by atoms with van der Waals surface area (Å²) in [6.07, 6.45) is 3.61. The number of hydrogen-bond donors (Lipinski definition) is 1. The van der Waals surface area contributed by atoms with E-state index in [1.54, 1.807) is 6.07 Å². The predicted molar refractivity (Wildman–Crippen MR) is 74.5 cm³/mol. The minimum absolute atomic E-state index is 0.101. The first kappa shape index (κ1) is 13.8. The Kier molecular flexibility index (Phi) is 3.75. The van der Waals surface area contributed by atoms with Crippen molar-refractivity contribution >= 4 is 11.4 Å². The van der Waals surface area contributed by atoms with Gasteiger partial charge in [0.05, 0.1) is 10.5 Å². The molecule has 1 fully saturated rings. The first-order chi connectivity index (χ1) is 8.93. The third kappa shape index (κ3) is 2.87. The maximum atomic E-state index is 11.1. The number of anilines is 1. The highest BCUT2D eigenvalue weighted by molar-refractivity contribution is 5.67. The van der Waals surface area contributed by atoms with E-state index >= 15 is 0 Å². The van der Waals surface area contributed by atoms with Gasteiger partial charge in [-0.05, 0) is 25.3 Å². The molecule has 0 saturated heterocycles. The van der Waals surface area contributed by atoms with Crippen LogP contribution in [0.15, 0.2) is 18.2 Å². The van der Waals surface area contributed by atoms with Crippen LogP contribution >= 0.6 is 0 Å². The number of aliphatic hydroxyl groups is 1. The first-order valence-electron chi connectivity index (χ1n) is 6.60. The van der Waals surface area contributed by atoms with Crippen LogP contribution in [0.3, 0.4) is 0 Å². The van der Waals surface area contributed by atoms with Crippen molar-refractivity contribution in [3.63, 3.8) is 0 Å². The number of likely N-dealkylation sites (N-methyl/N-ethyl adjacent to an activating group) is 1. The molecule has 1 aromatic rings. The molecule has 1 aliphatic rings. The maximum absolute atomic E-state index is 11.1. The molecule has 0 heterocycles. The summed E-state index contributed by atoms with van der Waals surface area (Å²) in [5, 5.41) is 21.5. The monoisotopic (exact) mass is 264 g/mol. The van der Waals surface area contributed by atoms with Gasteiger partial charge >= 0.3 is 0 Å². The van der Waals surface area contributed by atoms with Crippen LogP contribution in [0.2, 0.25) is 0 Å². The lowest BCUT2D eigenvalue weighted by molar-refractivity contribution is -0.384. The Morgan fingerprint density at radius 1 is 1.42 bits per heavy atom. The average molecular weight is 264 g/mol. The molecule has 0 unspecified atom stereocenters. The molecule has 1 N–H and O–H groups in total. The van der Waals surface area contributed by atoms with Crippen LogP contribution in [0.25, 0.3) is 0 Å². The molecule has 1 aliphatic carbocycles. The van der Waals surface area contributed by atoms with Crippen LogP contribution in [0.4, 0.5) is 11.4 Å². The number of rotatable bonds is 4. The SMILES string of the molecule is Cc1cccc([N+](=O)[O-])c1N(C)CC1(O)CCCC1. The minimum atomic E-state index is -0.703. The molecular formula is C14H20N2O3. The van der Waals surface area contributed by atoms with E-state index < -0.39 is 5.60 Å². The van der Waals surface area contributed by atoms with E-state index in [1.165, 1.54) is 6.07 Å². The highest BCUT2D eigenvalue weighted by atomic mass is 16.6. The molecule has 0 atom stereocenters. The Labute approximate surface area is 113 Å². The van der Waals surface area contributed by atoms with Crippen molar-refractivity contribution in [2.75, 3.05) is 18.5 Å². The summed E-state index contributed by atoms with van der Waals surface area (Å²) in [6.45, 7) is 2.30. The maximum Gasteiger partial charge on any atom is 0.292 e. The Hall–Kier alpha value is -1.62. The van der Waals surface area contributed by atoms with Gasteiger partial charge in [-0.3, -0.25) is 10.1 Å². The van der Waals surface area contributed by atoms with Gasteiger partial charge in [-0.25, -0.2) is 0 Å². The summed E-state index contributed by atoms with van der Waals surface area (Å²) in [5.74, 6) is 0. The Balaban J connectivity index is 2.28. The second kappa shape index (κ2) is 5.17. The molecule has 1 aromatic carbocycles. The van der Waals surface area contributed by atoms with Crippen molar-refractivity contribution in [2.24, 2.45) is 0 Å². The zero-order chi connectivity index (χ0) is 14.0. The molecule has 19 heavy (non-hydrogen) atoms. The number of hydrogen-bond acceptors (Lipinski definition) is 4. The first-order valence-corrected chi connectivity index (χ1v) is 6.60. The molecule has 0 aromatic heterocycles. The summed E-state index contributed by atoms with van der Waals surface area (Å²) >= 11 is 0. The van der Waals surface area contributed by atoms with Crippen LogP contribution in [0, 0.1) is 17.0 Å². The third-order valence-corrected chi connectivity index (χ3v) is 3.86. The van der Waals surface area contributed by atoms with Crippen molar-refractivity contribution in [1.29, 1.82) is 0 Å². The largest absolute Gasteiger partial charge is 0.388 e. The molecule has 0 amide bonds. The standard InChI is InChI=1S/C14H20N2O3/c1-11-6-5-7-12(16(18)19)13(11)15(2)10-14(17)8-3-4-9-14/h5-7,17H,3-4,8-10H2,1-2H3. The van der Waals surface area contributed by atoms with Gasteiger partial charge in [0.15, 0.2) is 0 Å². The lowest BCUT2D eigenvalue weighted by atomic mass is 10.0. The lowest BCUT2D eigenvalue weighted by Gasteiger charge is -2.30. The van der Waals surface area contributed by atoms with Gasteiger partial charge in [0.2, 0.25) is 0 Å². The lowest BCUT2D eigenvalue weighted by Crippen LogP contribution is -2.39. The quantitative estimate of drug-likeness (QED) is 0.670. The fourth-order valence-electron chi connectivity index (χ4n) is 3.00. The molecule has 2 rings (SSSR count). The van der Waals surface area contributed by atoms with Crippen LogP contribution in [0.1, 0.15) is 31.2 Å². The predicted octanol–water partition coefficient (Wildman–Crippen LogP) is 2.64. The van der Waals surface area contributed by atoms with Gasteiger partial charge in [-0.15, -0.1) is 0 Å². The van der Waals surface area contributed by atoms with Crippen LogP contribution in [0.5, 0.6) is 0 Å². The fourth-order valence-corrected chi connectivity index (χ4v) is 3.00. The second-order valence-electron chi connectivity index (χ2n) is 5.49. The van der Waals surface area contributed by atoms with E-state index in [0.29, 0.717) is 12.2 Å². The number of benzene rings is 1. The van der Waals surface area contributed by atoms with Crippen molar-refractivity contribution in [1.82, 2.24) is 0 Å². The molecule has 1 saturated carbocycles. The van der Waals surface area contributed by atoms with Crippen molar-refractivity contribution in [3.05, 3.63) is 33.9 Å². The van der Waals surface area contributed by atoms with Crippen molar-refractivity contribution < 1.29 is 10.0 Å². The minimum Gasteiger partial charge on any atom is -0.388 e. The number of nitrogens with zero attached hydrogens (tertiary/aromatic N) is 2. The zero-order valence-corrected chi connectivity index (χ0v) is 11.4. The summed E-state index contributed by atoms with van der Waals surface area (Å²) in [4.78, 5) is 12.6. The molecule has 0 radical (unpaired) electrons. The normalized spacial score (nSPS) is 17.4. The smallest absolute Gasteiger partial charge is 0.292 e. The molecule has 0 bridgehead atoms. The Morgan fingerprint density at radius 3 is 2.63 bits per heavy atom. The number of nitro groups is 1. The number of para-hydroxylation sites is 1. The zero-order valence-electron chi connectivity index (χ0n) is 11.4. The summed E-state index contributed by atoms with van der Waals surface area (Å²) in [7, 11) is 1.81. The number of nitro benzene ring substituents is 1. The third-order valence-electron chi connectivity index (χ3n) is 3.86. The van der Waals surface area contributed by atoms with Gasteiger partial charge in [0, 0.05) is 19.7 Å². The number of aryl methyl sites for hydroxylation is 1. The fraction of sp³-hybridized carbons (Fsp3) is 0.571. The van der Waals surface area contributed by atoms with Gasteiger partial charge in [-0.2, -0.15) is 0 Å². The van der Waals surface area contributed by atoms with Crippen LogP contribution in [-0.2, 0) is 0 Å². The molecular weight excluding hydrogens is 244 g/mol. The second-order valence-corrected chi connectivity index (χ2v) is 5.49. The van der Waals surface area contributed by atoms with Crippen molar-refractivity contribution in [3.8, 4) is 0 Å². The van der Waals surface area contributed by atoms with E-state index in [9.17, 15) is 15.2 Å².